The van der Waals surface area contributed by atoms with Gasteiger partial charge < -0.3 is 10.1 Å². The third-order valence-electron chi connectivity index (χ3n) is 5.51. The summed E-state index contributed by atoms with van der Waals surface area (Å²) in [6, 6.07) is 11.9. The van der Waals surface area contributed by atoms with Gasteiger partial charge in [-0.1, -0.05) is 38.1 Å². The minimum atomic E-state index is -0.667. The maximum absolute atomic E-state index is 13.4. The third kappa shape index (κ3) is 8.12. The van der Waals surface area contributed by atoms with Crippen molar-refractivity contribution < 1.29 is 23.1 Å². The molecule has 2 aromatic rings. The second-order valence-corrected chi connectivity index (χ2v) is 9.87. The molecule has 0 spiro atoms. The first-order valence-corrected chi connectivity index (χ1v) is 11.6. The van der Waals surface area contributed by atoms with Crippen LogP contribution >= 0.6 is 0 Å². The Balaban J connectivity index is 2.02. The number of hydrogen-bond acceptors (Lipinski definition) is 3. The van der Waals surface area contributed by atoms with Crippen LogP contribution in [-0.2, 0) is 9.53 Å². The minimum absolute atomic E-state index is 0.0663. The normalized spacial score (nSPS) is 12.5. The molecule has 2 aromatic carbocycles. The van der Waals surface area contributed by atoms with Crippen molar-refractivity contribution >= 4 is 12.0 Å². The van der Waals surface area contributed by atoms with E-state index in [0.717, 1.165) is 11.1 Å². The standard InChI is InChI=1S/C27H36F2N2O3/c1-18(2)24(31(6)26(33)34-27(3,4)5)25(32)30-17-7-8-23(19-9-13-21(28)14-10-19)20-11-15-22(29)16-12-20/h9-16,18,23-24H,7-8,17H2,1-6H3,(H,30,32). The maximum Gasteiger partial charge on any atom is 0.410 e. The Kier molecular flexibility index (Phi) is 9.59. The van der Waals surface area contributed by atoms with E-state index in [1.54, 1.807) is 52.1 Å². The fourth-order valence-electron chi connectivity index (χ4n) is 3.91. The highest BCUT2D eigenvalue weighted by molar-refractivity contribution is 5.85. The summed E-state index contributed by atoms with van der Waals surface area (Å²) in [5.74, 6) is -1.05. The molecule has 1 atom stereocenters. The molecule has 1 unspecified atom stereocenters. The second kappa shape index (κ2) is 12.0. The molecular weight excluding hydrogens is 438 g/mol. The van der Waals surface area contributed by atoms with Crippen molar-refractivity contribution in [3.05, 3.63) is 71.3 Å². The average Bonchev–Trinajstić information content (AvgIpc) is 2.74. The molecule has 0 radical (unpaired) electrons. The quantitative estimate of drug-likeness (QED) is 0.462. The van der Waals surface area contributed by atoms with Crippen molar-refractivity contribution in [1.29, 1.82) is 0 Å². The average molecular weight is 475 g/mol. The Morgan fingerprint density at radius 1 is 0.941 bits per heavy atom. The number of amides is 2. The van der Waals surface area contributed by atoms with Crippen LogP contribution in [0.5, 0.6) is 0 Å². The summed E-state index contributed by atoms with van der Waals surface area (Å²) in [6.45, 7) is 9.50. The highest BCUT2D eigenvalue weighted by Crippen LogP contribution is 2.29. The molecule has 186 valence electrons. The maximum atomic E-state index is 13.4. The summed E-state index contributed by atoms with van der Waals surface area (Å²) < 4.78 is 32.2. The van der Waals surface area contributed by atoms with Crippen LogP contribution in [0.3, 0.4) is 0 Å². The molecule has 7 heteroatoms. The first-order chi connectivity index (χ1) is 15.9. The Morgan fingerprint density at radius 2 is 1.41 bits per heavy atom. The number of halogens is 2. The molecule has 0 saturated carbocycles. The van der Waals surface area contributed by atoms with E-state index in [2.05, 4.69) is 5.32 Å². The van der Waals surface area contributed by atoms with Crippen molar-refractivity contribution in [2.75, 3.05) is 13.6 Å². The van der Waals surface area contributed by atoms with Crippen LogP contribution in [0.25, 0.3) is 0 Å². The number of rotatable bonds is 9. The Hall–Kier alpha value is -2.96. The topological polar surface area (TPSA) is 58.6 Å². The zero-order valence-electron chi connectivity index (χ0n) is 20.9. The van der Waals surface area contributed by atoms with E-state index in [-0.39, 0.29) is 29.4 Å². The fraction of sp³-hybridized carbons (Fsp3) is 0.481. The van der Waals surface area contributed by atoms with Gasteiger partial charge in [0.15, 0.2) is 0 Å². The Morgan fingerprint density at radius 3 is 1.82 bits per heavy atom. The van der Waals surface area contributed by atoms with Crippen molar-refractivity contribution in [1.82, 2.24) is 10.2 Å². The molecular formula is C27H36F2N2O3. The number of carbonyl (C=O) groups is 2. The lowest BCUT2D eigenvalue weighted by Gasteiger charge is -2.32. The Labute approximate surface area is 201 Å². The highest BCUT2D eigenvalue weighted by atomic mass is 19.1. The number of ether oxygens (including phenoxy) is 1. The van der Waals surface area contributed by atoms with E-state index in [4.69, 9.17) is 4.74 Å². The van der Waals surface area contributed by atoms with Crippen LogP contribution in [-0.4, -0.2) is 42.1 Å². The molecule has 0 aliphatic carbocycles. The van der Waals surface area contributed by atoms with Gasteiger partial charge in [-0.05, 0) is 74.9 Å². The molecule has 0 saturated heterocycles. The largest absolute Gasteiger partial charge is 0.444 e. The lowest BCUT2D eigenvalue weighted by Crippen LogP contribution is -2.51. The van der Waals surface area contributed by atoms with E-state index in [1.807, 2.05) is 13.8 Å². The smallest absolute Gasteiger partial charge is 0.410 e. The van der Waals surface area contributed by atoms with E-state index >= 15 is 0 Å². The lowest BCUT2D eigenvalue weighted by atomic mass is 9.87. The van der Waals surface area contributed by atoms with Gasteiger partial charge in [-0.15, -0.1) is 0 Å². The van der Waals surface area contributed by atoms with Crippen LogP contribution in [0.15, 0.2) is 48.5 Å². The van der Waals surface area contributed by atoms with Gasteiger partial charge in [0.1, 0.15) is 23.3 Å². The van der Waals surface area contributed by atoms with Crippen molar-refractivity contribution in [3.63, 3.8) is 0 Å². The molecule has 1 N–H and O–H groups in total. The van der Waals surface area contributed by atoms with Crippen molar-refractivity contribution in [3.8, 4) is 0 Å². The number of carbonyl (C=O) groups excluding carboxylic acids is 2. The highest BCUT2D eigenvalue weighted by Gasteiger charge is 2.32. The number of nitrogens with one attached hydrogen (secondary N) is 1. The lowest BCUT2D eigenvalue weighted by molar-refractivity contribution is -0.127. The van der Waals surface area contributed by atoms with Crippen LogP contribution in [0, 0.1) is 17.6 Å². The number of benzene rings is 2. The summed E-state index contributed by atoms with van der Waals surface area (Å²) in [7, 11) is 1.57. The monoisotopic (exact) mass is 474 g/mol. The third-order valence-corrected chi connectivity index (χ3v) is 5.51. The fourth-order valence-corrected chi connectivity index (χ4v) is 3.91. The van der Waals surface area contributed by atoms with Gasteiger partial charge >= 0.3 is 6.09 Å². The summed E-state index contributed by atoms with van der Waals surface area (Å²) in [5.41, 5.74) is 1.19. The SMILES string of the molecule is CC(C)C(C(=O)NCCCC(c1ccc(F)cc1)c1ccc(F)cc1)N(C)C(=O)OC(C)(C)C. The molecule has 0 heterocycles. The van der Waals surface area contributed by atoms with Gasteiger partial charge in [-0.2, -0.15) is 0 Å². The molecule has 2 rings (SSSR count). The Bertz CT molecular complexity index is 892. The second-order valence-electron chi connectivity index (χ2n) is 9.87. The van der Waals surface area contributed by atoms with Crippen LogP contribution in [0.1, 0.15) is 64.5 Å². The number of hydrogen-bond donors (Lipinski definition) is 1. The molecule has 0 aliphatic rings. The van der Waals surface area contributed by atoms with E-state index in [1.165, 1.54) is 29.2 Å². The molecule has 5 nitrogen and oxygen atoms in total. The number of likely N-dealkylation sites (N-methyl/N-ethyl adjacent to an activating group) is 1. The van der Waals surface area contributed by atoms with Crippen LogP contribution in [0.4, 0.5) is 13.6 Å². The first-order valence-electron chi connectivity index (χ1n) is 11.6. The summed E-state index contributed by atoms with van der Waals surface area (Å²) in [5, 5.41) is 2.93. The van der Waals surface area contributed by atoms with Gasteiger partial charge in [0.05, 0.1) is 0 Å². The minimum Gasteiger partial charge on any atom is -0.444 e. The number of nitrogens with zero attached hydrogens (tertiary/aromatic N) is 1. The van der Waals surface area contributed by atoms with Gasteiger partial charge in [-0.3, -0.25) is 9.69 Å². The first kappa shape index (κ1) is 27.3. The molecule has 0 aromatic heterocycles. The molecule has 0 aliphatic heterocycles. The van der Waals surface area contributed by atoms with Crippen molar-refractivity contribution in [2.45, 2.75) is 65.0 Å². The van der Waals surface area contributed by atoms with Gasteiger partial charge in [-0.25, -0.2) is 13.6 Å². The predicted molar refractivity (Wildman–Crippen MR) is 130 cm³/mol. The van der Waals surface area contributed by atoms with E-state index < -0.39 is 17.7 Å². The zero-order chi connectivity index (χ0) is 25.5. The van der Waals surface area contributed by atoms with Crippen molar-refractivity contribution in [2.24, 2.45) is 5.92 Å². The molecule has 34 heavy (non-hydrogen) atoms. The van der Waals surface area contributed by atoms with Gasteiger partial charge in [0.25, 0.3) is 0 Å². The van der Waals surface area contributed by atoms with E-state index in [9.17, 15) is 18.4 Å². The van der Waals surface area contributed by atoms with Crippen LogP contribution < -0.4 is 5.32 Å². The van der Waals surface area contributed by atoms with Crippen LogP contribution in [0.2, 0.25) is 0 Å². The summed E-state index contributed by atoms with van der Waals surface area (Å²) >= 11 is 0. The molecule has 0 fully saturated rings. The van der Waals surface area contributed by atoms with E-state index in [0.29, 0.717) is 19.4 Å². The zero-order valence-corrected chi connectivity index (χ0v) is 20.9. The molecule has 2 amide bonds. The summed E-state index contributed by atoms with van der Waals surface area (Å²) in [4.78, 5) is 26.7. The molecule has 0 bridgehead atoms. The summed E-state index contributed by atoms with van der Waals surface area (Å²) in [6.07, 6.45) is 0.770. The van der Waals surface area contributed by atoms with Gasteiger partial charge in [0.2, 0.25) is 5.91 Å². The van der Waals surface area contributed by atoms with Gasteiger partial charge in [0, 0.05) is 19.5 Å². The predicted octanol–water partition coefficient (Wildman–Crippen LogP) is 5.88.